The van der Waals surface area contributed by atoms with Gasteiger partial charge >= 0.3 is 0 Å². The molecule has 0 amide bonds. The van der Waals surface area contributed by atoms with Gasteiger partial charge in [-0.2, -0.15) is 0 Å². The second kappa shape index (κ2) is 5.82. The number of halogens is 2. The van der Waals surface area contributed by atoms with Gasteiger partial charge in [0.15, 0.2) is 11.6 Å². The lowest BCUT2D eigenvalue weighted by Gasteiger charge is -2.29. The molecular weight excluding hydrogens is 272 g/mol. The first-order valence-electron chi connectivity index (χ1n) is 6.98. The summed E-state index contributed by atoms with van der Waals surface area (Å²) in [6.07, 6.45) is 0.961. The third-order valence-corrected chi connectivity index (χ3v) is 3.89. The first-order valence-corrected chi connectivity index (χ1v) is 6.98. The van der Waals surface area contributed by atoms with Crippen molar-refractivity contribution in [1.82, 2.24) is 4.90 Å². The van der Waals surface area contributed by atoms with E-state index in [0.29, 0.717) is 6.54 Å². The molecule has 2 nitrogen and oxygen atoms in total. The molecule has 1 heterocycles. The Balaban J connectivity index is 1.74. The van der Waals surface area contributed by atoms with E-state index in [4.69, 9.17) is 4.74 Å². The maximum absolute atomic E-state index is 13.3. The summed E-state index contributed by atoms with van der Waals surface area (Å²) >= 11 is 0. The molecule has 0 radical (unpaired) electrons. The molecule has 0 atom stereocenters. The van der Waals surface area contributed by atoms with Crippen LogP contribution in [0.25, 0.3) is 0 Å². The van der Waals surface area contributed by atoms with Gasteiger partial charge in [0.1, 0.15) is 5.75 Å². The Morgan fingerprint density at radius 2 is 1.90 bits per heavy atom. The number of methoxy groups -OCH3 is 1. The van der Waals surface area contributed by atoms with Crippen LogP contribution in [0, 0.1) is 11.6 Å². The molecule has 1 aliphatic heterocycles. The quantitative estimate of drug-likeness (QED) is 0.857. The minimum Gasteiger partial charge on any atom is -0.497 e. The molecule has 21 heavy (non-hydrogen) atoms. The van der Waals surface area contributed by atoms with E-state index in [2.05, 4.69) is 11.0 Å². The lowest BCUT2D eigenvalue weighted by atomic mass is 9.99. The van der Waals surface area contributed by atoms with Gasteiger partial charge < -0.3 is 4.74 Å². The summed E-state index contributed by atoms with van der Waals surface area (Å²) in [7, 11) is 1.66. The second-order valence-electron chi connectivity index (χ2n) is 5.34. The number of hydrogen-bond acceptors (Lipinski definition) is 2. The molecule has 110 valence electrons. The largest absolute Gasteiger partial charge is 0.497 e. The van der Waals surface area contributed by atoms with E-state index in [1.807, 2.05) is 12.1 Å². The van der Waals surface area contributed by atoms with Gasteiger partial charge in [-0.3, -0.25) is 4.90 Å². The van der Waals surface area contributed by atoms with Crippen molar-refractivity contribution >= 4 is 0 Å². The van der Waals surface area contributed by atoms with Crippen molar-refractivity contribution in [3.05, 3.63) is 64.7 Å². The van der Waals surface area contributed by atoms with Crippen molar-refractivity contribution in [2.45, 2.75) is 19.5 Å². The molecule has 0 N–H and O–H groups in total. The molecule has 0 aromatic heterocycles. The van der Waals surface area contributed by atoms with Crippen LogP contribution in [-0.4, -0.2) is 18.6 Å². The molecule has 2 aromatic rings. The Morgan fingerprint density at radius 3 is 2.67 bits per heavy atom. The molecule has 0 unspecified atom stereocenters. The third-order valence-electron chi connectivity index (χ3n) is 3.89. The molecule has 0 spiro atoms. The molecule has 3 rings (SSSR count). The Morgan fingerprint density at radius 1 is 1.05 bits per heavy atom. The molecule has 0 aliphatic carbocycles. The van der Waals surface area contributed by atoms with Gasteiger partial charge in [-0.05, 0) is 47.4 Å². The summed E-state index contributed by atoms with van der Waals surface area (Å²) in [5, 5.41) is 0. The minimum absolute atomic E-state index is 0.619. The summed E-state index contributed by atoms with van der Waals surface area (Å²) in [4.78, 5) is 2.23. The lowest BCUT2D eigenvalue weighted by molar-refractivity contribution is 0.244. The average Bonchev–Trinajstić information content (AvgIpc) is 2.50. The van der Waals surface area contributed by atoms with Gasteiger partial charge in [-0.15, -0.1) is 0 Å². The Hall–Kier alpha value is -1.94. The first kappa shape index (κ1) is 14.0. The van der Waals surface area contributed by atoms with Gasteiger partial charge in [0.2, 0.25) is 0 Å². The van der Waals surface area contributed by atoms with Crippen molar-refractivity contribution in [2.75, 3.05) is 13.7 Å². The number of benzene rings is 2. The highest BCUT2D eigenvalue weighted by atomic mass is 19.2. The van der Waals surface area contributed by atoms with Crippen LogP contribution in [0.1, 0.15) is 16.7 Å². The van der Waals surface area contributed by atoms with E-state index in [1.54, 1.807) is 13.2 Å². The maximum atomic E-state index is 13.3. The predicted molar refractivity (Wildman–Crippen MR) is 77.2 cm³/mol. The van der Waals surface area contributed by atoms with E-state index >= 15 is 0 Å². The third kappa shape index (κ3) is 3.05. The minimum atomic E-state index is -0.799. The van der Waals surface area contributed by atoms with Crippen molar-refractivity contribution in [1.29, 1.82) is 0 Å². The second-order valence-corrected chi connectivity index (χ2v) is 5.34. The molecule has 4 heteroatoms. The molecular formula is C17H17F2NO. The van der Waals surface area contributed by atoms with Gasteiger partial charge in [-0.25, -0.2) is 8.78 Å². The van der Waals surface area contributed by atoms with Gasteiger partial charge in [-0.1, -0.05) is 12.1 Å². The van der Waals surface area contributed by atoms with Crippen LogP contribution < -0.4 is 4.74 Å². The van der Waals surface area contributed by atoms with E-state index in [9.17, 15) is 8.78 Å². The summed E-state index contributed by atoms with van der Waals surface area (Å²) in [5.74, 6) is -0.734. The van der Waals surface area contributed by atoms with Gasteiger partial charge in [0, 0.05) is 19.6 Å². The van der Waals surface area contributed by atoms with Gasteiger partial charge in [0.25, 0.3) is 0 Å². The lowest BCUT2D eigenvalue weighted by Crippen LogP contribution is -2.30. The smallest absolute Gasteiger partial charge is 0.159 e. The van der Waals surface area contributed by atoms with Crippen LogP contribution in [0.5, 0.6) is 5.75 Å². The van der Waals surface area contributed by atoms with Crippen LogP contribution in [0.15, 0.2) is 36.4 Å². The number of rotatable bonds is 3. The standard InChI is InChI=1S/C17H17F2NO/c1-21-15-4-3-13-6-7-20(11-14(13)9-15)10-12-2-5-16(18)17(19)8-12/h2-5,8-9H,6-7,10-11H2,1H3. The molecule has 0 bridgehead atoms. The number of hydrogen-bond donors (Lipinski definition) is 0. The van der Waals surface area contributed by atoms with E-state index in [0.717, 1.165) is 30.8 Å². The number of nitrogens with zero attached hydrogens (tertiary/aromatic N) is 1. The first-order chi connectivity index (χ1) is 10.2. The van der Waals surface area contributed by atoms with Crippen molar-refractivity contribution in [3.8, 4) is 5.75 Å². The molecule has 0 saturated heterocycles. The van der Waals surface area contributed by atoms with Crippen molar-refractivity contribution in [3.63, 3.8) is 0 Å². The molecule has 0 saturated carbocycles. The highest BCUT2D eigenvalue weighted by Gasteiger charge is 2.17. The molecule has 1 aliphatic rings. The summed E-state index contributed by atoms with van der Waals surface area (Å²) in [6, 6.07) is 10.2. The number of ether oxygens (including phenoxy) is 1. The summed E-state index contributed by atoms with van der Waals surface area (Å²) < 4.78 is 31.5. The van der Waals surface area contributed by atoms with Crippen LogP contribution in [0.3, 0.4) is 0 Å². The Labute approximate surface area is 123 Å². The van der Waals surface area contributed by atoms with Crippen LogP contribution >= 0.6 is 0 Å². The van der Waals surface area contributed by atoms with Crippen molar-refractivity contribution in [2.24, 2.45) is 0 Å². The average molecular weight is 289 g/mol. The van der Waals surface area contributed by atoms with Crippen LogP contribution in [0.4, 0.5) is 8.78 Å². The van der Waals surface area contributed by atoms with Gasteiger partial charge in [0.05, 0.1) is 7.11 Å². The SMILES string of the molecule is COc1ccc2c(c1)CN(Cc1ccc(F)c(F)c1)CC2. The monoisotopic (exact) mass is 289 g/mol. The van der Waals surface area contributed by atoms with E-state index in [1.165, 1.54) is 23.3 Å². The number of fused-ring (bicyclic) bond motifs is 1. The zero-order valence-electron chi connectivity index (χ0n) is 11.9. The molecule has 0 fully saturated rings. The highest BCUT2D eigenvalue weighted by molar-refractivity contribution is 5.37. The predicted octanol–water partition coefficient (Wildman–Crippen LogP) is 3.53. The maximum Gasteiger partial charge on any atom is 0.159 e. The normalized spacial score (nSPS) is 14.8. The Bertz CT molecular complexity index is 657. The van der Waals surface area contributed by atoms with Crippen LogP contribution in [0.2, 0.25) is 0 Å². The fourth-order valence-corrected chi connectivity index (χ4v) is 2.75. The Kier molecular flexibility index (Phi) is 3.88. The molecule has 2 aromatic carbocycles. The summed E-state index contributed by atoms with van der Waals surface area (Å²) in [5.41, 5.74) is 3.36. The topological polar surface area (TPSA) is 12.5 Å². The highest BCUT2D eigenvalue weighted by Crippen LogP contribution is 2.25. The zero-order valence-corrected chi connectivity index (χ0v) is 11.9. The fraction of sp³-hybridized carbons (Fsp3) is 0.294. The van der Waals surface area contributed by atoms with Crippen molar-refractivity contribution < 1.29 is 13.5 Å². The van der Waals surface area contributed by atoms with Crippen LogP contribution in [-0.2, 0) is 19.5 Å². The van der Waals surface area contributed by atoms with E-state index < -0.39 is 11.6 Å². The summed E-state index contributed by atoms with van der Waals surface area (Å²) in [6.45, 7) is 2.33. The zero-order chi connectivity index (χ0) is 14.8. The van der Waals surface area contributed by atoms with E-state index in [-0.39, 0.29) is 0 Å². The fourth-order valence-electron chi connectivity index (χ4n) is 2.75.